The van der Waals surface area contributed by atoms with Crippen molar-refractivity contribution in [3.05, 3.63) is 54.6 Å². The van der Waals surface area contributed by atoms with Crippen molar-refractivity contribution in [1.29, 1.82) is 0 Å². The number of benzene rings is 1. The maximum absolute atomic E-state index is 12.2. The molecule has 2 heterocycles. The number of hydrogen-bond acceptors (Lipinski definition) is 5. The summed E-state index contributed by atoms with van der Waals surface area (Å²) in [5, 5.41) is 11.4. The Hall–Kier alpha value is -2.95. The molecule has 11 heteroatoms. The van der Waals surface area contributed by atoms with Crippen LogP contribution in [0.4, 0.5) is 18.9 Å². The highest BCUT2D eigenvalue weighted by Gasteiger charge is 2.30. The van der Waals surface area contributed by atoms with E-state index in [1.54, 1.807) is 4.68 Å². The second-order valence-corrected chi connectivity index (χ2v) is 6.48. The number of hydrogen-bond donors (Lipinski definition) is 1. The molecule has 1 amide bonds. The molecule has 0 atom stereocenters. The molecule has 0 fully saturated rings. The van der Waals surface area contributed by atoms with Gasteiger partial charge in [0.05, 0.1) is 5.75 Å². The standard InChI is InChI=1S/C17H16F3N5O2S/c1-2-14-22-23-16(25(14)24-9-3-4-10-24)28-11-15(26)21-12-5-7-13(8-6-12)27-17(18,19)20/h3-10H,2,11H2,1H3,(H,21,26). The molecule has 1 N–H and O–H groups in total. The summed E-state index contributed by atoms with van der Waals surface area (Å²) in [5.74, 6) is 0.130. The highest BCUT2D eigenvalue weighted by atomic mass is 32.2. The Kier molecular flexibility index (Phi) is 5.93. The van der Waals surface area contributed by atoms with Gasteiger partial charge in [0.2, 0.25) is 11.1 Å². The number of carbonyl (C=O) groups excluding carboxylic acids is 1. The van der Waals surface area contributed by atoms with Gasteiger partial charge in [0.25, 0.3) is 0 Å². The number of halogens is 3. The van der Waals surface area contributed by atoms with Gasteiger partial charge in [-0.1, -0.05) is 18.7 Å². The Morgan fingerprint density at radius 2 is 1.86 bits per heavy atom. The summed E-state index contributed by atoms with van der Waals surface area (Å²) in [4.78, 5) is 12.2. The Morgan fingerprint density at radius 1 is 1.18 bits per heavy atom. The van der Waals surface area contributed by atoms with Gasteiger partial charge >= 0.3 is 6.36 Å². The number of amides is 1. The second-order valence-electron chi connectivity index (χ2n) is 5.54. The van der Waals surface area contributed by atoms with Crippen LogP contribution in [0.1, 0.15) is 12.7 Å². The summed E-state index contributed by atoms with van der Waals surface area (Å²) < 4.78 is 43.9. The minimum Gasteiger partial charge on any atom is -0.406 e. The molecule has 1 aromatic carbocycles. The SMILES string of the molecule is CCc1nnc(SCC(=O)Nc2ccc(OC(F)(F)F)cc2)n1-n1cccc1. The maximum atomic E-state index is 12.2. The molecule has 0 aliphatic carbocycles. The Balaban J connectivity index is 1.60. The van der Waals surface area contributed by atoms with Gasteiger partial charge < -0.3 is 10.1 Å². The lowest BCUT2D eigenvalue weighted by Gasteiger charge is -2.11. The molecule has 0 aliphatic heterocycles. The Labute approximate surface area is 162 Å². The van der Waals surface area contributed by atoms with Gasteiger partial charge in [-0.25, -0.2) is 4.68 Å². The smallest absolute Gasteiger partial charge is 0.406 e. The van der Waals surface area contributed by atoms with Crippen LogP contribution >= 0.6 is 11.8 Å². The molecule has 7 nitrogen and oxygen atoms in total. The van der Waals surface area contributed by atoms with Crippen molar-refractivity contribution in [1.82, 2.24) is 19.5 Å². The number of aryl methyl sites for hydroxylation is 1. The zero-order valence-electron chi connectivity index (χ0n) is 14.7. The highest BCUT2D eigenvalue weighted by Crippen LogP contribution is 2.24. The van der Waals surface area contributed by atoms with Gasteiger partial charge in [0, 0.05) is 24.5 Å². The maximum Gasteiger partial charge on any atom is 0.573 e. The fraction of sp³-hybridized carbons (Fsp3) is 0.235. The first-order valence-electron chi connectivity index (χ1n) is 8.22. The van der Waals surface area contributed by atoms with Gasteiger partial charge in [-0.15, -0.1) is 23.4 Å². The number of aromatic nitrogens is 4. The molecular formula is C17H16F3N5O2S. The summed E-state index contributed by atoms with van der Waals surface area (Å²) >= 11 is 1.20. The molecule has 3 rings (SSSR count). The third kappa shape index (κ3) is 5.06. The van der Waals surface area contributed by atoms with E-state index in [2.05, 4.69) is 20.3 Å². The summed E-state index contributed by atoms with van der Waals surface area (Å²) in [7, 11) is 0. The molecule has 0 saturated heterocycles. The molecule has 0 bridgehead atoms. The summed E-state index contributed by atoms with van der Waals surface area (Å²) in [6.45, 7) is 1.96. The molecule has 0 saturated carbocycles. The van der Waals surface area contributed by atoms with Gasteiger partial charge in [-0.3, -0.25) is 9.47 Å². The Morgan fingerprint density at radius 3 is 2.46 bits per heavy atom. The third-order valence-electron chi connectivity index (χ3n) is 3.52. The van der Waals surface area contributed by atoms with Crippen LogP contribution in [-0.2, 0) is 11.2 Å². The van der Waals surface area contributed by atoms with E-state index in [4.69, 9.17) is 0 Å². The van der Waals surface area contributed by atoms with E-state index in [0.29, 0.717) is 17.3 Å². The third-order valence-corrected chi connectivity index (χ3v) is 4.44. The van der Waals surface area contributed by atoms with Crippen molar-refractivity contribution in [3.63, 3.8) is 0 Å². The molecule has 2 aromatic heterocycles. The second kappa shape index (κ2) is 8.38. The minimum atomic E-state index is -4.76. The fourth-order valence-electron chi connectivity index (χ4n) is 2.36. The van der Waals surface area contributed by atoms with Crippen molar-refractivity contribution in [2.75, 3.05) is 11.1 Å². The number of nitrogens with zero attached hydrogens (tertiary/aromatic N) is 4. The molecular weight excluding hydrogens is 395 g/mol. The van der Waals surface area contributed by atoms with E-state index in [1.165, 1.54) is 23.9 Å². The number of anilines is 1. The van der Waals surface area contributed by atoms with Gasteiger partial charge in [0.1, 0.15) is 5.75 Å². The van der Waals surface area contributed by atoms with E-state index in [-0.39, 0.29) is 17.4 Å². The highest BCUT2D eigenvalue weighted by molar-refractivity contribution is 7.99. The first kappa shape index (κ1) is 19.8. The first-order valence-corrected chi connectivity index (χ1v) is 9.20. The number of carbonyl (C=O) groups is 1. The van der Waals surface area contributed by atoms with Crippen molar-refractivity contribution < 1.29 is 22.7 Å². The lowest BCUT2D eigenvalue weighted by atomic mass is 10.3. The van der Waals surface area contributed by atoms with Crippen LogP contribution in [0.3, 0.4) is 0 Å². The summed E-state index contributed by atoms with van der Waals surface area (Å²) in [5.41, 5.74) is 0.362. The largest absolute Gasteiger partial charge is 0.573 e. The zero-order chi connectivity index (χ0) is 20.1. The van der Waals surface area contributed by atoms with Crippen LogP contribution in [0.15, 0.2) is 53.9 Å². The average molecular weight is 411 g/mol. The predicted molar refractivity (Wildman–Crippen MR) is 97.1 cm³/mol. The molecule has 0 spiro atoms. The number of rotatable bonds is 7. The van der Waals surface area contributed by atoms with Gasteiger partial charge in [-0.2, -0.15) is 0 Å². The first-order chi connectivity index (χ1) is 13.4. The zero-order valence-corrected chi connectivity index (χ0v) is 15.5. The fourth-order valence-corrected chi connectivity index (χ4v) is 3.12. The van der Waals surface area contributed by atoms with Crippen molar-refractivity contribution >= 4 is 23.4 Å². The van der Waals surface area contributed by atoms with Crippen LogP contribution in [0.25, 0.3) is 0 Å². The van der Waals surface area contributed by atoms with Crippen LogP contribution < -0.4 is 10.1 Å². The minimum absolute atomic E-state index is 0.0594. The van der Waals surface area contributed by atoms with Crippen LogP contribution in [0.5, 0.6) is 5.75 Å². The lowest BCUT2D eigenvalue weighted by Crippen LogP contribution is -2.17. The summed E-state index contributed by atoms with van der Waals surface area (Å²) in [6, 6.07) is 8.67. The van der Waals surface area contributed by atoms with E-state index in [1.807, 2.05) is 36.1 Å². The van der Waals surface area contributed by atoms with E-state index in [9.17, 15) is 18.0 Å². The molecule has 28 heavy (non-hydrogen) atoms. The molecule has 148 valence electrons. The number of thioether (sulfide) groups is 1. The van der Waals surface area contributed by atoms with E-state index >= 15 is 0 Å². The van der Waals surface area contributed by atoms with Crippen LogP contribution in [0, 0.1) is 0 Å². The molecule has 0 aliphatic rings. The number of ether oxygens (including phenoxy) is 1. The average Bonchev–Trinajstić information content (AvgIpc) is 3.29. The van der Waals surface area contributed by atoms with Crippen molar-refractivity contribution in [2.45, 2.75) is 24.9 Å². The lowest BCUT2D eigenvalue weighted by molar-refractivity contribution is -0.274. The van der Waals surface area contributed by atoms with Crippen LogP contribution in [0.2, 0.25) is 0 Å². The van der Waals surface area contributed by atoms with Crippen molar-refractivity contribution in [3.8, 4) is 5.75 Å². The van der Waals surface area contributed by atoms with Crippen LogP contribution in [-0.4, -0.2) is 37.6 Å². The molecule has 0 unspecified atom stereocenters. The van der Waals surface area contributed by atoms with Gasteiger partial charge in [0.15, 0.2) is 5.82 Å². The predicted octanol–water partition coefficient (Wildman–Crippen LogP) is 3.58. The number of alkyl halides is 3. The monoisotopic (exact) mass is 411 g/mol. The quantitative estimate of drug-likeness (QED) is 0.602. The van der Waals surface area contributed by atoms with Gasteiger partial charge in [-0.05, 0) is 36.4 Å². The topological polar surface area (TPSA) is 74.0 Å². The van der Waals surface area contributed by atoms with E-state index in [0.717, 1.165) is 18.0 Å². The number of nitrogens with one attached hydrogen (secondary N) is 1. The van der Waals surface area contributed by atoms with E-state index < -0.39 is 6.36 Å². The normalized spacial score (nSPS) is 11.4. The molecule has 3 aromatic rings. The molecule has 0 radical (unpaired) electrons. The van der Waals surface area contributed by atoms with Crippen molar-refractivity contribution in [2.24, 2.45) is 0 Å². The Bertz CT molecular complexity index is 923. The summed E-state index contributed by atoms with van der Waals surface area (Å²) in [6.07, 6.45) is -0.396.